The Labute approximate surface area is 151 Å². The summed E-state index contributed by atoms with van der Waals surface area (Å²) in [5, 5.41) is 24.2. The molecule has 1 aliphatic carbocycles. The number of allylic oxidation sites excluding steroid dienone is 1. The van der Waals surface area contributed by atoms with Crippen LogP contribution in [0.1, 0.15) is 58.3 Å². The van der Waals surface area contributed by atoms with E-state index in [2.05, 4.69) is 17.2 Å². The van der Waals surface area contributed by atoms with Crippen LogP contribution in [0.2, 0.25) is 0 Å². The highest BCUT2D eigenvalue weighted by Gasteiger charge is 2.25. The summed E-state index contributed by atoms with van der Waals surface area (Å²) in [6.07, 6.45) is 8.89. The molecular weight excluding hydrogens is 320 g/mol. The summed E-state index contributed by atoms with van der Waals surface area (Å²) in [6, 6.07) is -0.598. The minimum atomic E-state index is -0.510. The summed E-state index contributed by atoms with van der Waals surface area (Å²) >= 11 is 0. The van der Waals surface area contributed by atoms with Crippen LogP contribution in [0.5, 0.6) is 0 Å². The molecular formula is C19H34N2O4. The van der Waals surface area contributed by atoms with Crippen LogP contribution < -0.4 is 10.6 Å². The van der Waals surface area contributed by atoms with Crippen LogP contribution in [0.3, 0.4) is 0 Å². The Balaban J connectivity index is 2.54. The number of aliphatic hydroxyl groups excluding tert-OH is 2. The summed E-state index contributed by atoms with van der Waals surface area (Å²) in [4.78, 5) is 24.5. The molecule has 0 bridgehead atoms. The lowest BCUT2D eigenvalue weighted by atomic mass is 9.85. The van der Waals surface area contributed by atoms with E-state index < -0.39 is 5.92 Å². The number of hydrogen-bond donors (Lipinski definition) is 4. The van der Waals surface area contributed by atoms with Gasteiger partial charge in [0.1, 0.15) is 0 Å². The maximum absolute atomic E-state index is 12.5. The lowest BCUT2D eigenvalue weighted by Crippen LogP contribution is -2.44. The van der Waals surface area contributed by atoms with E-state index in [-0.39, 0.29) is 43.5 Å². The number of aliphatic hydroxyl groups is 2. The maximum atomic E-state index is 12.5. The van der Waals surface area contributed by atoms with Gasteiger partial charge in [0.15, 0.2) is 0 Å². The lowest BCUT2D eigenvalue weighted by molar-refractivity contribution is -0.131. The Morgan fingerprint density at radius 2 is 1.84 bits per heavy atom. The first-order chi connectivity index (χ1) is 12.0. The topological polar surface area (TPSA) is 98.7 Å². The minimum Gasteiger partial charge on any atom is -0.394 e. The van der Waals surface area contributed by atoms with Gasteiger partial charge in [0.25, 0.3) is 0 Å². The quantitative estimate of drug-likeness (QED) is 0.423. The smallest absolute Gasteiger partial charge is 0.224 e. The molecule has 6 nitrogen and oxygen atoms in total. The molecule has 1 aliphatic rings. The number of hydrogen-bond acceptors (Lipinski definition) is 4. The van der Waals surface area contributed by atoms with Crippen LogP contribution in [-0.2, 0) is 9.59 Å². The van der Waals surface area contributed by atoms with Crippen molar-refractivity contribution in [3.05, 3.63) is 12.7 Å². The van der Waals surface area contributed by atoms with Crippen LogP contribution >= 0.6 is 0 Å². The number of nitrogens with one attached hydrogen (secondary N) is 2. The highest BCUT2D eigenvalue weighted by atomic mass is 16.3. The van der Waals surface area contributed by atoms with Gasteiger partial charge in [-0.05, 0) is 25.7 Å². The average molecular weight is 354 g/mol. The van der Waals surface area contributed by atoms with Gasteiger partial charge in [0, 0.05) is 12.5 Å². The molecule has 1 rings (SSSR count). The second-order valence-electron chi connectivity index (χ2n) is 7.20. The molecule has 0 radical (unpaired) electrons. The molecule has 0 saturated heterocycles. The van der Waals surface area contributed by atoms with Gasteiger partial charge < -0.3 is 20.8 Å². The van der Waals surface area contributed by atoms with Gasteiger partial charge in [-0.1, -0.05) is 38.2 Å². The Hall–Kier alpha value is -1.40. The van der Waals surface area contributed by atoms with Gasteiger partial charge in [-0.2, -0.15) is 0 Å². The molecule has 0 unspecified atom stereocenters. The molecule has 3 atom stereocenters. The van der Waals surface area contributed by atoms with E-state index in [1.54, 1.807) is 13.0 Å². The summed E-state index contributed by atoms with van der Waals surface area (Å²) in [7, 11) is 0. The molecule has 0 aromatic carbocycles. The molecule has 0 aliphatic heterocycles. The van der Waals surface area contributed by atoms with Crippen LogP contribution in [0.4, 0.5) is 0 Å². The summed E-state index contributed by atoms with van der Waals surface area (Å²) < 4.78 is 0. The Kier molecular flexibility index (Phi) is 10.4. The molecule has 6 heteroatoms. The number of carbonyl (C=O) groups is 2. The Bertz CT molecular complexity index is 422. The first-order valence-corrected chi connectivity index (χ1v) is 9.42. The highest BCUT2D eigenvalue weighted by molar-refractivity contribution is 5.86. The fourth-order valence-electron chi connectivity index (χ4n) is 3.41. The van der Waals surface area contributed by atoms with Crippen LogP contribution in [0, 0.1) is 11.8 Å². The normalized spacial score (nSPS) is 18.8. The summed E-state index contributed by atoms with van der Waals surface area (Å²) in [5.41, 5.74) is 0. The minimum absolute atomic E-state index is 0.0454. The zero-order valence-corrected chi connectivity index (χ0v) is 15.4. The first kappa shape index (κ1) is 21.6. The molecule has 4 N–H and O–H groups in total. The van der Waals surface area contributed by atoms with Crippen LogP contribution in [0.15, 0.2) is 12.7 Å². The Morgan fingerprint density at radius 1 is 1.16 bits per heavy atom. The molecule has 1 saturated carbocycles. The van der Waals surface area contributed by atoms with Gasteiger partial charge in [-0.3, -0.25) is 9.59 Å². The molecule has 1 fully saturated rings. The van der Waals surface area contributed by atoms with Crippen molar-refractivity contribution in [3.8, 4) is 0 Å². The van der Waals surface area contributed by atoms with Crippen molar-refractivity contribution in [2.75, 3.05) is 13.2 Å². The van der Waals surface area contributed by atoms with E-state index in [0.29, 0.717) is 12.3 Å². The standard InChI is InChI=1S/C19H34N2O4/c1-3-7-16(11-18(24)20-14(2)12-22)19(25)21-17(13-23)10-15-8-5-4-6-9-15/h3,14-17,22-23H,1,4-13H2,2H3,(H,20,24)(H,21,25)/t14-,16-,17+/m1/s1. The van der Waals surface area contributed by atoms with Gasteiger partial charge in [-0.15, -0.1) is 6.58 Å². The molecule has 0 aromatic rings. The molecule has 25 heavy (non-hydrogen) atoms. The molecule has 0 aromatic heterocycles. The molecule has 144 valence electrons. The van der Waals surface area contributed by atoms with E-state index in [1.807, 2.05) is 0 Å². The van der Waals surface area contributed by atoms with Crippen molar-refractivity contribution in [2.24, 2.45) is 11.8 Å². The Morgan fingerprint density at radius 3 is 2.40 bits per heavy atom. The van der Waals surface area contributed by atoms with E-state index in [1.165, 1.54) is 19.3 Å². The van der Waals surface area contributed by atoms with Crippen molar-refractivity contribution < 1.29 is 19.8 Å². The van der Waals surface area contributed by atoms with Gasteiger partial charge in [-0.25, -0.2) is 0 Å². The van der Waals surface area contributed by atoms with Crippen molar-refractivity contribution in [1.82, 2.24) is 10.6 Å². The van der Waals surface area contributed by atoms with Crippen LogP contribution in [0.25, 0.3) is 0 Å². The zero-order valence-electron chi connectivity index (χ0n) is 15.4. The third-order valence-electron chi connectivity index (χ3n) is 4.84. The largest absolute Gasteiger partial charge is 0.394 e. The number of rotatable bonds is 11. The van der Waals surface area contributed by atoms with Crippen LogP contribution in [-0.4, -0.2) is 47.3 Å². The zero-order chi connectivity index (χ0) is 18.7. The fraction of sp³-hybridized carbons (Fsp3) is 0.789. The fourth-order valence-corrected chi connectivity index (χ4v) is 3.41. The summed E-state index contributed by atoms with van der Waals surface area (Å²) in [6.45, 7) is 5.13. The SMILES string of the molecule is C=CC[C@H](CC(=O)N[C@H](C)CO)C(=O)N[C@H](CO)CC1CCCCC1. The van der Waals surface area contributed by atoms with E-state index in [9.17, 15) is 14.7 Å². The summed E-state index contributed by atoms with van der Waals surface area (Å²) in [5.74, 6) is -0.445. The number of carbonyl (C=O) groups excluding carboxylic acids is 2. The second-order valence-corrected chi connectivity index (χ2v) is 7.20. The third-order valence-corrected chi connectivity index (χ3v) is 4.84. The average Bonchev–Trinajstić information content (AvgIpc) is 2.61. The maximum Gasteiger partial charge on any atom is 0.224 e. The number of amides is 2. The van der Waals surface area contributed by atoms with Crippen molar-refractivity contribution >= 4 is 11.8 Å². The third kappa shape index (κ3) is 8.50. The molecule has 0 heterocycles. The predicted octanol–water partition coefficient (Wildman–Crippen LogP) is 1.51. The first-order valence-electron chi connectivity index (χ1n) is 9.42. The van der Waals surface area contributed by atoms with E-state index in [4.69, 9.17) is 5.11 Å². The van der Waals surface area contributed by atoms with E-state index in [0.717, 1.165) is 19.3 Å². The highest BCUT2D eigenvalue weighted by Crippen LogP contribution is 2.27. The van der Waals surface area contributed by atoms with Crippen molar-refractivity contribution in [3.63, 3.8) is 0 Å². The van der Waals surface area contributed by atoms with Crippen molar-refractivity contribution in [1.29, 1.82) is 0 Å². The monoisotopic (exact) mass is 354 g/mol. The van der Waals surface area contributed by atoms with Gasteiger partial charge in [0.05, 0.1) is 25.2 Å². The molecule has 0 spiro atoms. The van der Waals surface area contributed by atoms with Gasteiger partial charge >= 0.3 is 0 Å². The predicted molar refractivity (Wildman–Crippen MR) is 97.8 cm³/mol. The van der Waals surface area contributed by atoms with E-state index >= 15 is 0 Å². The van der Waals surface area contributed by atoms with Crippen molar-refractivity contribution in [2.45, 2.75) is 70.4 Å². The second kappa shape index (κ2) is 12.0. The lowest BCUT2D eigenvalue weighted by Gasteiger charge is -2.27. The van der Waals surface area contributed by atoms with Gasteiger partial charge in [0.2, 0.25) is 11.8 Å². The molecule has 2 amide bonds.